The lowest BCUT2D eigenvalue weighted by molar-refractivity contribution is 0.262. The average Bonchev–Trinajstić information content (AvgIpc) is 3.34. The molecule has 2 amide bonds. The van der Waals surface area contributed by atoms with Crippen molar-refractivity contribution < 1.29 is 9.53 Å². The van der Waals surface area contributed by atoms with Crippen LogP contribution in [0, 0.1) is 13.8 Å². The van der Waals surface area contributed by atoms with E-state index in [9.17, 15) is 4.79 Å². The van der Waals surface area contributed by atoms with Gasteiger partial charge in [0.2, 0.25) is 0 Å². The predicted molar refractivity (Wildman–Crippen MR) is 157 cm³/mol. The minimum atomic E-state index is -0.352. The number of nitrogens with zero attached hydrogens (tertiary/aromatic N) is 3. The largest absolute Gasteiger partial charge is 0.488 e. The molecule has 0 aliphatic rings. The first-order valence-corrected chi connectivity index (χ1v) is 13.0. The SMILES string of the molecule is Cc1ccc(-n2nc(C(C)(C)C)cc2NC(=O)Nc2ccc(OCc3ccncc3C)c3ccccc23)cc1. The van der Waals surface area contributed by atoms with Crippen molar-refractivity contribution in [3.8, 4) is 11.4 Å². The van der Waals surface area contributed by atoms with E-state index in [-0.39, 0.29) is 11.4 Å². The fourth-order valence-corrected chi connectivity index (χ4v) is 4.32. The van der Waals surface area contributed by atoms with Gasteiger partial charge in [-0.25, -0.2) is 9.48 Å². The van der Waals surface area contributed by atoms with Gasteiger partial charge in [-0.2, -0.15) is 5.10 Å². The zero-order valence-corrected chi connectivity index (χ0v) is 22.9. The van der Waals surface area contributed by atoms with Crippen molar-refractivity contribution in [1.29, 1.82) is 0 Å². The van der Waals surface area contributed by atoms with E-state index < -0.39 is 0 Å². The summed E-state index contributed by atoms with van der Waals surface area (Å²) >= 11 is 0. The fourth-order valence-electron chi connectivity index (χ4n) is 4.32. The van der Waals surface area contributed by atoms with Gasteiger partial charge in [0.05, 0.1) is 17.1 Å². The number of pyridine rings is 1. The number of amides is 2. The highest BCUT2D eigenvalue weighted by atomic mass is 16.5. The molecule has 3 aromatic carbocycles. The summed E-state index contributed by atoms with van der Waals surface area (Å²) in [5.41, 5.74) is 5.59. The normalized spacial score (nSPS) is 11.4. The number of benzene rings is 3. The third kappa shape index (κ3) is 5.77. The van der Waals surface area contributed by atoms with Crippen LogP contribution in [0.2, 0.25) is 0 Å². The Balaban J connectivity index is 1.39. The summed E-state index contributed by atoms with van der Waals surface area (Å²) in [6.45, 7) is 10.8. The second-order valence-electron chi connectivity index (χ2n) is 10.7. The lowest BCUT2D eigenvalue weighted by atomic mass is 9.92. The summed E-state index contributed by atoms with van der Waals surface area (Å²) in [4.78, 5) is 17.4. The summed E-state index contributed by atoms with van der Waals surface area (Å²) in [6, 6.07) is 23.2. The van der Waals surface area contributed by atoms with Gasteiger partial charge >= 0.3 is 6.03 Å². The highest BCUT2D eigenvalue weighted by molar-refractivity contribution is 6.07. The summed E-state index contributed by atoms with van der Waals surface area (Å²) < 4.78 is 7.96. The summed E-state index contributed by atoms with van der Waals surface area (Å²) in [6.07, 6.45) is 3.60. The second kappa shape index (κ2) is 10.6. The molecule has 0 aliphatic carbocycles. The van der Waals surface area contributed by atoms with Crippen LogP contribution in [0.25, 0.3) is 16.5 Å². The molecule has 39 heavy (non-hydrogen) atoms. The summed E-state index contributed by atoms with van der Waals surface area (Å²) in [5.74, 6) is 1.35. The topological polar surface area (TPSA) is 81.1 Å². The minimum absolute atomic E-state index is 0.177. The van der Waals surface area contributed by atoms with Crippen LogP contribution in [0.3, 0.4) is 0 Å². The number of ether oxygens (including phenoxy) is 1. The van der Waals surface area contributed by atoms with Gasteiger partial charge in [0.1, 0.15) is 18.2 Å². The molecule has 0 atom stereocenters. The molecular formula is C32H33N5O2. The van der Waals surface area contributed by atoms with Crippen LogP contribution < -0.4 is 15.4 Å². The molecule has 198 valence electrons. The lowest BCUT2D eigenvalue weighted by Gasteiger charge is -2.15. The van der Waals surface area contributed by atoms with Gasteiger partial charge in [-0.15, -0.1) is 0 Å². The van der Waals surface area contributed by atoms with Gasteiger partial charge in [0.15, 0.2) is 0 Å². The van der Waals surface area contributed by atoms with Crippen molar-refractivity contribution in [1.82, 2.24) is 14.8 Å². The van der Waals surface area contributed by atoms with E-state index in [0.717, 1.165) is 44.6 Å². The molecule has 7 nitrogen and oxygen atoms in total. The molecule has 7 heteroatoms. The van der Waals surface area contributed by atoms with Crippen molar-refractivity contribution in [2.75, 3.05) is 10.6 Å². The number of urea groups is 1. The number of aromatic nitrogens is 3. The molecule has 0 spiro atoms. The Morgan fingerprint density at radius 1 is 0.923 bits per heavy atom. The van der Waals surface area contributed by atoms with Crippen LogP contribution >= 0.6 is 0 Å². The van der Waals surface area contributed by atoms with Crippen LogP contribution in [0.4, 0.5) is 16.3 Å². The third-order valence-electron chi connectivity index (χ3n) is 6.65. The van der Waals surface area contributed by atoms with E-state index in [4.69, 9.17) is 9.84 Å². The first-order chi connectivity index (χ1) is 18.7. The molecule has 0 saturated carbocycles. The van der Waals surface area contributed by atoms with Crippen LogP contribution in [-0.2, 0) is 12.0 Å². The second-order valence-corrected chi connectivity index (χ2v) is 10.7. The highest BCUT2D eigenvalue weighted by Gasteiger charge is 2.22. The van der Waals surface area contributed by atoms with Crippen LogP contribution in [-0.4, -0.2) is 20.8 Å². The van der Waals surface area contributed by atoms with Crippen LogP contribution in [0.15, 0.2) is 85.2 Å². The zero-order chi connectivity index (χ0) is 27.6. The number of carbonyl (C=O) groups is 1. The fraction of sp³-hybridized carbons (Fsp3) is 0.219. The van der Waals surface area contributed by atoms with Crippen molar-refractivity contribution in [2.24, 2.45) is 0 Å². The zero-order valence-electron chi connectivity index (χ0n) is 22.9. The molecule has 2 N–H and O–H groups in total. The molecule has 0 radical (unpaired) electrons. The van der Waals surface area contributed by atoms with Gasteiger partial charge in [-0.3, -0.25) is 10.3 Å². The van der Waals surface area contributed by atoms with E-state index >= 15 is 0 Å². The quantitative estimate of drug-likeness (QED) is 0.243. The van der Waals surface area contributed by atoms with E-state index in [1.54, 1.807) is 10.9 Å². The van der Waals surface area contributed by atoms with Gasteiger partial charge in [-0.05, 0) is 55.3 Å². The maximum atomic E-state index is 13.3. The third-order valence-corrected chi connectivity index (χ3v) is 6.65. The van der Waals surface area contributed by atoms with E-state index in [1.807, 2.05) is 92.8 Å². The maximum Gasteiger partial charge on any atom is 0.324 e. The number of hydrogen-bond donors (Lipinski definition) is 2. The molecule has 2 aromatic heterocycles. The molecule has 5 rings (SSSR count). The number of hydrogen-bond acceptors (Lipinski definition) is 4. The van der Waals surface area contributed by atoms with Crippen LogP contribution in [0.1, 0.15) is 43.2 Å². The molecule has 0 aliphatic heterocycles. The highest BCUT2D eigenvalue weighted by Crippen LogP contribution is 2.33. The first-order valence-electron chi connectivity index (χ1n) is 13.0. The van der Waals surface area contributed by atoms with Crippen LogP contribution in [0.5, 0.6) is 5.75 Å². The van der Waals surface area contributed by atoms with Crippen molar-refractivity contribution >= 4 is 28.3 Å². The monoisotopic (exact) mass is 519 g/mol. The van der Waals surface area contributed by atoms with Crippen molar-refractivity contribution in [2.45, 2.75) is 46.6 Å². The van der Waals surface area contributed by atoms with Gasteiger partial charge in [0, 0.05) is 34.6 Å². The molecule has 0 fully saturated rings. The van der Waals surface area contributed by atoms with Gasteiger partial charge in [0.25, 0.3) is 0 Å². The van der Waals surface area contributed by atoms with Crippen molar-refractivity contribution in [3.63, 3.8) is 0 Å². The maximum absolute atomic E-state index is 13.3. The number of anilines is 2. The van der Waals surface area contributed by atoms with E-state index in [1.165, 1.54) is 0 Å². The molecule has 0 unspecified atom stereocenters. The van der Waals surface area contributed by atoms with E-state index in [0.29, 0.717) is 18.1 Å². The van der Waals surface area contributed by atoms with Gasteiger partial charge in [-0.1, -0.05) is 62.7 Å². The predicted octanol–water partition coefficient (Wildman–Crippen LogP) is 7.56. The Morgan fingerprint density at radius 3 is 2.38 bits per heavy atom. The summed E-state index contributed by atoms with van der Waals surface area (Å²) in [7, 11) is 0. The number of carbonyl (C=O) groups excluding carboxylic acids is 1. The Hall–Kier alpha value is -4.65. The molecular weight excluding hydrogens is 486 g/mol. The number of rotatable bonds is 6. The number of aryl methyl sites for hydroxylation is 2. The Bertz CT molecular complexity index is 1630. The Morgan fingerprint density at radius 2 is 1.67 bits per heavy atom. The number of fused-ring (bicyclic) bond motifs is 1. The minimum Gasteiger partial charge on any atom is -0.488 e. The smallest absolute Gasteiger partial charge is 0.324 e. The van der Waals surface area contributed by atoms with Gasteiger partial charge < -0.3 is 10.1 Å². The summed E-state index contributed by atoms with van der Waals surface area (Å²) in [5, 5.41) is 12.6. The van der Waals surface area contributed by atoms with E-state index in [2.05, 4.69) is 36.4 Å². The molecule has 2 heterocycles. The average molecular weight is 520 g/mol. The standard InChI is InChI=1S/C32H33N5O2/c1-21-10-12-24(13-11-21)37-30(18-29(36-37)32(3,4)5)35-31(38)34-27-14-15-28(26-9-7-6-8-25(26)27)39-20-23-16-17-33-19-22(23)2/h6-19H,20H2,1-5H3,(H2,34,35,38). The first kappa shape index (κ1) is 26.0. The lowest BCUT2D eigenvalue weighted by Crippen LogP contribution is -2.21. The Labute approximate surface area is 228 Å². The molecule has 0 saturated heterocycles. The number of nitrogens with one attached hydrogen (secondary N) is 2. The molecule has 0 bridgehead atoms. The Kier molecular flexibility index (Phi) is 7.07. The van der Waals surface area contributed by atoms with Crippen molar-refractivity contribution in [3.05, 3.63) is 108 Å². The molecule has 5 aromatic rings.